The lowest BCUT2D eigenvalue weighted by Gasteiger charge is -2.51. The van der Waals surface area contributed by atoms with Gasteiger partial charge >= 0.3 is 5.97 Å². The molecule has 116 valence electrons. The highest BCUT2D eigenvalue weighted by molar-refractivity contribution is 5.96. The van der Waals surface area contributed by atoms with Crippen molar-refractivity contribution in [3.8, 4) is 0 Å². The van der Waals surface area contributed by atoms with Crippen LogP contribution in [0, 0.1) is 5.41 Å². The monoisotopic (exact) mass is 292 g/mol. The van der Waals surface area contributed by atoms with Gasteiger partial charge in [-0.25, -0.2) is 4.79 Å². The molecule has 0 aliphatic heterocycles. The largest absolute Gasteiger partial charge is 0.462 e. The number of nitrogen functional groups attached to an aromatic ring is 1. The normalized spacial score (nSPS) is 23.2. The zero-order chi connectivity index (χ0) is 15.6. The number of methoxy groups -OCH3 is 1. The summed E-state index contributed by atoms with van der Waals surface area (Å²) in [7, 11) is 1.73. The molecule has 0 amide bonds. The first kappa shape index (κ1) is 15.6. The quantitative estimate of drug-likeness (QED) is 0.645. The first-order valence-corrected chi connectivity index (χ1v) is 7.26. The summed E-state index contributed by atoms with van der Waals surface area (Å²) in [4.78, 5) is 12.0. The van der Waals surface area contributed by atoms with Gasteiger partial charge in [-0.3, -0.25) is 0 Å². The molecule has 1 aliphatic rings. The van der Waals surface area contributed by atoms with Crippen molar-refractivity contribution in [3.63, 3.8) is 0 Å². The van der Waals surface area contributed by atoms with Crippen molar-refractivity contribution in [2.45, 2.75) is 39.3 Å². The van der Waals surface area contributed by atoms with E-state index in [0.717, 1.165) is 12.1 Å². The van der Waals surface area contributed by atoms with Gasteiger partial charge < -0.3 is 20.5 Å². The lowest BCUT2D eigenvalue weighted by Crippen LogP contribution is -2.57. The smallest absolute Gasteiger partial charge is 0.340 e. The van der Waals surface area contributed by atoms with Gasteiger partial charge in [0, 0.05) is 29.9 Å². The maximum Gasteiger partial charge on any atom is 0.340 e. The van der Waals surface area contributed by atoms with Crippen LogP contribution in [0.5, 0.6) is 0 Å². The van der Waals surface area contributed by atoms with Gasteiger partial charge in [0.25, 0.3) is 0 Å². The van der Waals surface area contributed by atoms with Gasteiger partial charge in [-0.05, 0) is 31.5 Å². The Balaban J connectivity index is 2.19. The molecule has 0 aromatic heterocycles. The van der Waals surface area contributed by atoms with Crippen LogP contribution in [-0.4, -0.2) is 31.8 Å². The number of hydrogen-bond donors (Lipinski definition) is 2. The molecule has 0 heterocycles. The lowest BCUT2D eigenvalue weighted by atomic mass is 9.64. The van der Waals surface area contributed by atoms with Crippen molar-refractivity contribution in [3.05, 3.63) is 23.8 Å². The molecule has 1 aromatic rings. The van der Waals surface area contributed by atoms with Crippen molar-refractivity contribution in [2.24, 2.45) is 5.41 Å². The van der Waals surface area contributed by atoms with Crippen molar-refractivity contribution in [1.29, 1.82) is 0 Å². The number of anilines is 2. The molecule has 0 saturated heterocycles. The van der Waals surface area contributed by atoms with Crippen LogP contribution in [-0.2, 0) is 9.47 Å². The van der Waals surface area contributed by atoms with E-state index in [2.05, 4.69) is 19.2 Å². The Morgan fingerprint density at radius 1 is 1.48 bits per heavy atom. The Kier molecular flexibility index (Phi) is 4.42. The summed E-state index contributed by atoms with van der Waals surface area (Å²) >= 11 is 0. The van der Waals surface area contributed by atoms with Crippen LogP contribution in [0.1, 0.15) is 37.6 Å². The van der Waals surface area contributed by atoms with E-state index >= 15 is 0 Å². The maximum absolute atomic E-state index is 12.0. The fourth-order valence-electron chi connectivity index (χ4n) is 2.78. The second-order valence-corrected chi connectivity index (χ2v) is 6.00. The van der Waals surface area contributed by atoms with Crippen molar-refractivity contribution < 1.29 is 14.3 Å². The molecule has 1 saturated carbocycles. The third-order valence-corrected chi connectivity index (χ3v) is 4.33. The van der Waals surface area contributed by atoms with Gasteiger partial charge in [0.2, 0.25) is 0 Å². The third kappa shape index (κ3) is 2.97. The molecule has 0 bridgehead atoms. The zero-order valence-electron chi connectivity index (χ0n) is 13.1. The van der Waals surface area contributed by atoms with E-state index < -0.39 is 0 Å². The van der Waals surface area contributed by atoms with E-state index in [4.69, 9.17) is 15.2 Å². The second-order valence-electron chi connectivity index (χ2n) is 6.00. The molecular weight excluding hydrogens is 268 g/mol. The number of carbonyl (C=O) groups excluding carboxylic acids is 1. The van der Waals surface area contributed by atoms with Gasteiger partial charge in [0.05, 0.1) is 18.3 Å². The molecule has 21 heavy (non-hydrogen) atoms. The van der Waals surface area contributed by atoms with E-state index in [-0.39, 0.29) is 23.5 Å². The summed E-state index contributed by atoms with van der Waals surface area (Å²) in [6, 6.07) is 5.52. The first-order valence-electron chi connectivity index (χ1n) is 7.26. The Labute approximate surface area is 125 Å². The van der Waals surface area contributed by atoms with Crippen LogP contribution in [0.3, 0.4) is 0 Å². The Hall–Kier alpha value is -1.75. The minimum atomic E-state index is -0.354. The summed E-state index contributed by atoms with van der Waals surface area (Å²) in [5, 5.41) is 3.43. The number of hydrogen-bond acceptors (Lipinski definition) is 5. The SMILES string of the molecule is CCOC(=O)c1cc(N)ccc1NC1CC(OC)C1(C)C. The summed E-state index contributed by atoms with van der Waals surface area (Å²) in [6.45, 7) is 6.44. The minimum Gasteiger partial charge on any atom is -0.462 e. The summed E-state index contributed by atoms with van der Waals surface area (Å²) < 4.78 is 10.5. The van der Waals surface area contributed by atoms with E-state index in [9.17, 15) is 4.79 Å². The van der Waals surface area contributed by atoms with Gasteiger partial charge in [0.15, 0.2) is 0 Å². The fourth-order valence-corrected chi connectivity index (χ4v) is 2.78. The van der Waals surface area contributed by atoms with Crippen molar-refractivity contribution in [2.75, 3.05) is 24.8 Å². The molecule has 0 spiro atoms. The first-order chi connectivity index (χ1) is 9.90. The fraction of sp³-hybridized carbons (Fsp3) is 0.562. The highest BCUT2D eigenvalue weighted by Crippen LogP contribution is 2.44. The number of ether oxygens (including phenoxy) is 2. The van der Waals surface area contributed by atoms with Crippen LogP contribution in [0.25, 0.3) is 0 Å². The van der Waals surface area contributed by atoms with E-state index in [1.807, 2.05) is 6.07 Å². The Bertz CT molecular complexity index is 528. The molecule has 2 atom stereocenters. The molecule has 1 fully saturated rings. The van der Waals surface area contributed by atoms with Gasteiger partial charge in [-0.1, -0.05) is 13.8 Å². The molecular formula is C16H24N2O3. The van der Waals surface area contributed by atoms with Crippen molar-refractivity contribution in [1.82, 2.24) is 0 Å². The molecule has 5 heteroatoms. The van der Waals surface area contributed by atoms with Crippen molar-refractivity contribution >= 4 is 17.3 Å². The summed E-state index contributed by atoms with van der Waals surface area (Å²) in [5.41, 5.74) is 7.58. The van der Waals surface area contributed by atoms with Crippen LogP contribution in [0.4, 0.5) is 11.4 Å². The van der Waals surface area contributed by atoms with E-state index in [1.54, 1.807) is 26.2 Å². The standard InChI is InChI=1S/C16H24N2O3/c1-5-21-15(19)11-8-10(17)6-7-12(11)18-13-9-14(20-4)16(13,2)3/h6-8,13-14,18H,5,9,17H2,1-4H3. The molecule has 0 radical (unpaired) electrons. The van der Waals surface area contributed by atoms with Gasteiger partial charge in [0.1, 0.15) is 0 Å². The topological polar surface area (TPSA) is 73.6 Å². The van der Waals surface area contributed by atoms with E-state index in [1.165, 1.54) is 0 Å². The highest BCUT2D eigenvalue weighted by Gasteiger charge is 2.48. The number of benzene rings is 1. The zero-order valence-corrected chi connectivity index (χ0v) is 13.1. The summed E-state index contributed by atoms with van der Waals surface area (Å²) in [6.07, 6.45) is 1.14. The number of nitrogens with one attached hydrogen (secondary N) is 1. The predicted molar refractivity (Wildman–Crippen MR) is 83.4 cm³/mol. The summed E-state index contributed by atoms with van der Waals surface area (Å²) in [5.74, 6) is -0.354. The molecule has 3 N–H and O–H groups in total. The number of rotatable bonds is 5. The molecule has 1 aliphatic carbocycles. The number of nitrogens with two attached hydrogens (primary N) is 1. The third-order valence-electron chi connectivity index (χ3n) is 4.33. The average molecular weight is 292 g/mol. The Morgan fingerprint density at radius 2 is 2.19 bits per heavy atom. The molecule has 2 unspecified atom stereocenters. The number of esters is 1. The highest BCUT2D eigenvalue weighted by atomic mass is 16.5. The average Bonchev–Trinajstić information content (AvgIpc) is 2.44. The second kappa shape index (κ2) is 5.93. The van der Waals surface area contributed by atoms with E-state index in [0.29, 0.717) is 17.9 Å². The molecule has 2 rings (SSSR count). The minimum absolute atomic E-state index is 0.0159. The molecule has 5 nitrogen and oxygen atoms in total. The van der Waals surface area contributed by atoms with Crippen LogP contribution in [0.2, 0.25) is 0 Å². The Morgan fingerprint density at radius 3 is 2.76 bits per heavy atom. The van der Waals surface area contributed by atoms with Crippen LogP contribution < -0.4 is 11.1 Å². The van der Waals surface area contributed by atoms with Gasteiger partial charge in [-0.15, -0.1) is 0 Å². The van der Waals surface area contributed by atoms with Gasteiger partial charge in [-0.2, -0.15) is 0 Å². The maximum atomic E-state index is 12.0. The lowest BCUT2D eigenvalue weighted by molar-refractivity contribution is -0.0794. The van der Waals surface area contributed by atoms with Crippen LogP contribution in [0.15, 0.2) is 18.2 Å². The predicted octanol–water partition coefficient (Wildman–Crippen LogP) is 2.67. The number of carbonyl (C=O) groups is 1. The van der Waals surface area contributed by atoms with Crippen LogP contribution >= 0.6 is 0 Å². The molecule has 1 aromatic carbocycles.